The summed E-state index contributed by atoms with van der Waals surface area (Å²) in [4.78, 5) is 18.8. The fraction of sp³-hybridized carbons (Fsp3) is 0. The van der Waals surface area contributed by atoms with E-state index < -0.39 is 55.6 Å². The van der Waals surface area contributed by atoms with Crippen molar-refractivity contribution in [2.45, 2.75) is 0 Å². The summed E-state index contributed by atoms with van der Waals surface area (Å²) < 4.78 is 55.4. The van der Waals surface area contributed by atoms with Crippen LogP contribution < -0.4 is 0 Å². The molecule has 0 heterocycles. The zero-order valence-corrected chi connectivity index (χ0v) is 10.3. The first-order valence-electron chi connectivity index (χ1n) is 5.50. The molecule has 2 aromatic rings. The van der Waals surface area contributed by atoms with Crippen LogP contribution in [0.2, 0.25) is 0 Å². The van der Waals surface area contributed by atoms with Gasteiger partial charge in [0.25, 0.3) is 0 Å². The lowest BCUT2D eigenvalue weighted by atomic mass is 10.0. The number of halogens is 4. The maximum atomic E-state index is 14.0. The number of hydrogen-bond donors (Lipinski definition) is 0. The van der Waals surface area contributed by atoms with Crippen LogP contribution in [0.5, 0.6) is 0 Å². The van der Waals surface area contributed by atoms with Gasteiger partial charge in [0.15, 0.2) is 0 Å². The molecule has 2 aromatic carbocycles. The zero-order valence-electron chi connectivity index (χ0n) is 10.3. The predicted molar refractivity (Wildman–Crippen MR) is 65.0 cm³/mol. The highest BCUT2D eigenvalue weighted by atomic mass is 19.1. The zero-order chi connectivity index (χ0) is 16.6. The second-order valence-corrected chi connectivity index (χ2v) is 4.03. The molecule has 0 unspecified atom stereocenters. The van der Waals surface area contributed by atoms with Crippen LogP contribution in [0.25, 0.3) is 11.1 Å². The molecule has 0 saturated carbocycles. The summed E-state index contributed by atoms with van der Waals surface area (Å²) in [6.07, 6.45) is 0. The summed E-state index contributed by atoms with van der Waals surface area (Å²) in [6.45, 7) is 0. The summed E-state index contributed by atoms with van der Waals surface area (Å²) >= 11 is 0. The van der Waals surface area contributed by atoms with Gasteiger partial charge in [0, 0.05) is 12.1 Å². The highest BCUT2D eigenvalue weighted by Gasteiger charge is 2.30. The van der Waals surface area contributed by atoms with Gasteiger partial charge >= 0.3 is 11.4 Å². The van der Waals surface area contributed by atoms with E-state index in [1.54, 1.807) is 0 Å². The van der Waals surface area contributed by atoms with E-state index in [1.165, 1.54) is 0 Å². The van der Waals surface area contributed by atoms with Gasteiger partial charge in [0.05, 0.1) is 21.0 Å². The van der Waals surface area contributed by atoms with Crippen LogP contribution in [0.4, 0.5) is 28.9 Å². The summed E-state index contributed by atoms with van der Waals surface area (Å²) in [7, 11) is 0. The summed E-state index contributed by atoms with van der Waals surface area (Å²) in [6, 6.07) is 1.82. The number of rotatable bonds is 3. The molecule has 2 rings (SSSR count). The minimum atomic E-state index is -1.83. The quantitative estimate of drug-likeness (QED) is 0.490. The molecule has 22 heavy (non-hydrogen) atoms. The van der Waals surface area contributed by atoms with E-state index in [2.05, 4.69) is 0 Å². The van der Waals surface area contributed by atoms with Crippen molar-refractivity contribution >= 4 is 11.4 Å². The first-order valence-corrected chi connectivity index (χ1v) is 5.50. The number of benzene rings is 2. The van der Waals surface area contributed by atoms with Crippen LogP contribution in [0, 0.1) is 43.5 Å². The largest absolute Gasteiger partial charge is 0.305 e. The molecule has 0 aliphatic carbocycles. The monoisotopic (exact) mass is 316 g/mol. The lowest BCUT2D eigenvalue weighted by Gasteiger charge is -2.08. The molecular formula is C12H4F4N2O4. The molecule has 0 aromatic heterocycles. The van der Waals surface area contributed by atoms with Crippen LogP contribution in [-0.4, -0.2) is 9.85 Å². The number of nitro benzene ring substituents is 2. The van der Waals surface area contributed by atoms with Crippen LogP contribution >= 0.6 is 0 Å². The Bertz CT molecular complexity index is 743. The third-order valence-electron chi connectivity index (χ3n) is 2.78. The summed E-state index contributed by atoms with van der Waals surface area (Å²) in [5.74, 6) is -6.66. The van der Waals surface area contributed by atoms with Crippen molar-refractivity contribution in [2.24, 2.45) is 0 Å². The van der Waals surface area contributed by atoms with Crippen molar-refractivity contribution in [2.75, 3.05) is 0 Å². The van der Waals surface area contributed by atoms with E-state index >= 15 is 0 Å². The molecular weight excluding hydrogens is 312 g/mol. The van der Waals surface area contributed by atoms with Gasteiger partial charge in [-0.1, -0.05) is 0 Å². The minimum Gasteiger partial charge on any atom is -0.258 e. The average molecular weight is 316 g/mol. The lowest BCUT2D eigenvalue weighted by Crippen LogP contribution is -2.03. The molecule has 0 fully saturated rings. The topological polar surface area (TPSA) is 86.3 Å². The SMILES string of the molecule is O=[N+]([O-])c1ccc(F)c(-c2c(F)ccc([N+](=O)[O-])c2F)c1F. The van der Waals surface area contributed by atoms with Crippen molar-refractivity contribution < 1.29 is 27.4 Å². The maximum absolute atomic E-state index is 14.0. The van der Waals surface area contributed by atoms with E-state index in [0.717, 1.165) is 0 Å². The third kappa shape index (κ3) is 2.34. The molecule has 0 N–H and O–H groups in total. The molecule has 0 atom stereocenters. The molecule has 0 spiro atoms. The Kier molecular flexibility index (Phi) is 3.76. The molecule has 10 heteroatoms. The second kappa shape index (κ2) is 5.39. The van der Waals surface area contributed by atoms with Crippen molar-refractivity contribution in [3.63, 3.8) is 0 Å². The Balaban J connectivity index is 2.88. The van der Waals surface area contributed by atoms with Gasteiger partial charge in [0.2, 0.25) is 11.6 Å². The Labute approximate surface area is 118 Å². The van der Waals surface area contributed by atoms with Crippen molar-refractivity contribution in [3.8, 4) is 11.1 Å². The van der Waals surface area contributed by atoms with Crippen molar-refractivity contribution in [3.05, 3.63) is 67.8 Å². The highest BCUT2D eigenvalue weighted by molar-refractivity contribution is 5.71. The van der Waals surface area contributed by atoms with Crippen LogP contribution in [0.1, 0.15) is 0 Å². The number of nitro groups is 2. The van der Waals surface area contributed by atoms with Gasteiger partial charge in [0.1, 0.15) is 11.6 Å². The minimum absolute atomic E-state index is 0.439. The van der Waals surface area contributed by atoms with E-state index in [4.69, 9.17) is 0 Å². The Morgan fingerprint density at radius 3 is 1.27 bits per heavy atom. The van der Waals surface area contributed by atoms with Crippen LogP contribution in [0.15, 0.2) is 24.3 Å². The number of nitrogens with zero attached hydrogens (tertiary/aromatic N) is 2. The second-order valence-electron chi connectivity index (χ2n) is 4.03. The standard InChI is InChI=1S/C12H4F4N2O4/c13-5-1-3-7(17(19)20)11(15)9(5)10-6(14)2-4-8(12(10)16)18(21)22/h1-4H. The van der Waals surface area contributed by atoms with Crippen LogP contribution in [-0.2, 0) is 0 Å². The molecule has 6 nitrogen and oxygen atoms in total. The molecule has 0 amide bonds. The van der Waals surface area contributed by atoms with Crippen molar-refractivity contribution in [1.82, 2.24) is 0 Å². The molecule has 0 aliphatic heterocycles. The fourth-order valence-electron chi connectivity index (χ4n) is 1.82. The first kappa shape index (κ1) is 15.4. The maximum Gasteiger partial charge on any atom is 0.305 e. The Hall–Kier alpha value is -3.04. The Morgan fingerprint density at radius 1 is 0.682 bits per heavy atom. The average Bonchev–Trinajstić information content (AvgIpc) is 2.41. The van der Waals surface area contributed by atoms with Gasteiger partial charge < -0.3 is 0 Å². The van der Waals surface area contributed by atoms with Gasteiger partial charge in [-0.3, -0.25) is 20.2 Å². The molecule has 114 valence electrons. The molecule has 0 aliphatic rings. The smallest absolute Gasteiger partial charge is 0.258 e. The molecule has 0 saturated heterocycles. The van der Waals surface area contributed by atoms with Gasteiger partial charge in [-0.15, -0.1) is 0 Å². The van der Waals surface area contributed by atoms with Crippen LogP contribution in [0.3, 0.4) is 0 Å². The third-order valence-corrected chi connectivity index (χ3v) is 2.78. The van der Waals surface area contributed by atoms with Gasteiger partial charge in [-0.2, -0.15) is 8.78 Å². The number of hydrogen-bond acceptors (Lipinski definition) is 4. The predicted octanol–water partition coefficient (Wildman–Crippen LogP) is 3.73. The van der Waals surface area contributed by atoms with E-state index in [0.29, 0.717) is 24.3 Å². The summed E-state index contributed by atoms with van der Waals surface area (Å²) in [5.41, 5.74) is -5.20. The van der Waals surface area contributed by atoms with E-state index in [9.17, 15) is 37.8 Å². The highest BCUT2D eigenvalue weighted by Crippen LogP contribution is 2.37. The van der Waals surface area contributed by atoms with E-state index in [1.807, 2.05) is 0 Å². The van der Waals surface area contributed by atoms with Crippen molar-refractivity contribution in [1.29, 1.82) is 0 Å². The van der Waals surface area contributed by atoms with Gasteiger partial charge in [-0.25, -0.2) is 8.78 Å². The summed E-state index contributed by atoms with van der Waals surface area (Å²) in [5, 5.41) is 21.2. The van der Waals surface area contributed by atoms with E-state index in [-0.39, 0.29) is 0 Å². The lowest BCUT2D eigenvalue weighted by molar-refractivity contribution is -0.387. The fourth-order valence-corrected chi connectivity index (χ4v) is 1.82. The Morgan fingerprint density at radius 2 is 1.00 bits per heavy atom. The normalized spacial score (nSPS) is 10.5. The molecule has 0 radical (unpaired) electrons. The first-order chi connectivity index (χ1) is 10.3. The molecule has 0 bridgehead atoms. The van der Waals surface area contributed by atoms with Gasteiger partial charge in [-0.05, 0) is 12.1 Å².